The minimum Gasteiger partial charge on any atom is -0.149 e. The summed E-state index contributed by atoms with van der Waals surface area (Å²) in [5.74, 6) is 0.890. The summed E-state index contributed by atoms with van der Waals surface area (Å²) >= 11 is 5.92. The van der Waals surface area contributed by atoms with Gasteiger partial charge in [0.2, 0.25) is 0 Å². The van der Waals surface area contributed by atoms with E-state index in [1.165, 1.54) is 62.3 Å². The van der Waals surface area contributed by atoms with E-state index in [0.717, 1.165) is 5.92 Å². The van der Waals surface area contributed by atoms with Gasteiger partial charge < -0.3 is 0 Å². The second-order valence-electron chi connectivity index (χ2n) is 7.69. The smallest absolute Gasteiger partial charge is 0.0904 e. The number of hydrogen-bond acceptors (Lipinski definition) is 1. The van der Waals surface area contributed by atoms with Crippen LogP contribution in [0.1, 0.15) is 70.1 Å². The maximum Gasteiger partial charge on any atom is 0.0904 e. The molecule has 128 valence electrons. The first-order valence-corrected chi connectivity index (χ1v) is 14.3. The number of thiophene rings is 1. The van der Waals surface area contributed by atoms with Gasteiger partial charge in [-0.05, 0) is 38.8 Å². The molecule has 0 saturated carbocycles. The fourth-order valence-electron chi connectivity index (χ4n) is 2.88. The van der Waals surface area contributed by atoms with Crippen LogP contribution in [0.15, 0.2) is 10.5 Å². The first kappa shape index (κ1) is 20.4. The van der Waals surface area contributed by atoms with E-state index >= 15 is 0 Å². The van der Waals surface area contributed by atoms with Gasteiger partial charge in [0.25, 0.3) is 0 Å². The summed E-state index contributed by atoms with van der Waals surface area (Å²) < 4.78 is 3.03. The summed E-state index contributed by atoms with van der Waals surface area (Å²) in [6.07, 6.45) is 12.4. The minimum atomic E-state index is -1.17. The average molecular weight is 404 g/mol. The van der Waals surface area contributed by atoms with Gasteiger partial charge in [0.05, 0.1) is 8.07 Å². The molecule has 0 nitrogen and oxygen atoms in total. The molecule has 0 saturated heterocycles. The molecule has 0 amide bonds. The van der Waals surface area contributed by atoms with E-state index in [2.05, 4.69) is 66.8 Å². The van der Waals surface area contributed by atoms with Crippen molar-refractivity contribution in [3.05, 3.63) is 15.4 Å². The van der Waals surface area contributed by atoms with Crippen LogP contribution in [0.2, 0.25) is 19.6 Å². The van der Waals surface area contributed by atoms with Crippen molar-refractivity contribution in [2.24, 2.45) is 5.92 Å². The van der Waals surface area contributed by atoms with Crippen LogP contribution in [-0.2, 0) is 6.42 Å². The normalized spacial score (nSPS) is 13.5. The van der Waals surface area contributed by atoms with Gasteiger partial charge in [0.15, 0.2) is 0 Å². The van der Waals surface area contributed by atoms with Crippen molar-refractivity contribution in [3.63, 3.8) is 0 Å². The van der Waals surface area contributed by atoms with Crippen LogP contribution in [0, 0.1) is 5.92 Å². The number of rotatable bonds is 11. The predicted molar refractivity (Wildman–Crippen MR) is 110 cm³/mol. The molecule has 0 aliphatic rings. The van der Waals surface area contributed by atoms with E-state index < -0.39 is 8.07 Å². The lowest BCUT2D eigenvalue weighted by Crippen LogP contribution is -2.34. The van der Waals surface area contributed by atoms with Crippen LogP contribution in [-0.4, -0.2) is 8.07 Å². The molecule has 0 aliphatic carbocycles. The Kier molecular flexibility index (Phi) is 9.57. The van der Waals surface area contributed by atoms with E-state index in [1.54, 1.807) is 9.38 Å². The molecule has 0 spiro atoms. The molecule has 22 heavy (non-hydrogen) atoms. The third-order valence-electron chi connectivity index (χ3n) is 4.40. The van der Waals surface area contributed by atoms with E-state index in [9.17, 15) is 0 Å². The highest BCUT2D eigenvalue weighted by Gasteiger charge is 2.22. The molecule has 0 radical (unpaired) electrons. The Hall–Kier alpha value is 0.397. The Morgan fingerprint density at radius 2 is 1.64 bits per heavy atom. The van der Waals surface area contributed by atoms with Crippen LogP contribution in [0.4, 0.5) is 0 Å². The SMILES string of the molecule is CCCCCCC(CCCC)Cc1sc([Si](C)(C)C)cc1Br. The third-order valence-corrected chi connectivity index (χ3v) is 10.1. The fourth-order valence-corrected chi connectivity index (χ4v) is 6.96. The minimum absolute atomic E-state index is 0.890. The quantitative estimate of drug-likeness (QED) is 0.267. The lowest BCUT2D eigenvalue weighted by Gasteiger charge is -2.16. The van der Waals surface area contributed by atoms with Gasteiger partial charge in [-0.15, -0.1) is 11.3 Å². The Morgan fingerprint density at radius 3 is 2.18 bits per heavy atom. The van der Waals surface area contributed by atoms with Crippen LogP contribution < -0.4 is 4.50 Å². The molecule has 1 aromatic heterocycles. The van der Waals surface area contributed by atoms with Crippen LogP contribution >= 0.6 is 27.3 Å². The molecular formula is C19H35BrSSi. The molecule has 0 aromatic carbocycles. The zero-order valence-corrected chi connectivity index (χ0v) is 18.7. The van der Waals surface area contributed by atoms with Gasteiger partial charge in [-0.25, -0.2) is 0 Å². The van der Waals surface area contributed by atoms with Gasteiger partial charge in [-0.2, -0.15) is 0 Å². The van der Waals surface area contributed by atoms with Gasteiger partial charge in [0, 0.05) is 9.35 Å². The summed E-state index contributed by atoms with van der Waals surface area (Å²) in [5, 5.41) is 0. The molecule has 0 bridgehead atoms. The largest absolute Gasteiger partial charge is 0.149 e. The van der Waals surface area contributed by atoms with Gasteiger partial charge in [-0.3, -0.25) is 0 Å². The molecule has 0 fully saturated rings. The van der Waals surface area contributed by atoms with Gasteiger partial charge >= 0.3 is 0 Å². The zero-order valence-electron chi connectivity index (χ0n) is 15.3. The molecule has 1 heterocycles. The summed E-state index contributed by atoms with van der Waals surface area (Å²) in [6.45, 7) is 12.0. The molecule has 1 aromatic rings. The zero-order chi connectivity index (χ0) is 16.6. The fraction of sp³-hybridized carbons (Fsp3) is 0.789. The number of hydrogen-bond donors (Lipinski definition) is 0. The third kappa shape index (κ3) is 7.31. The van der Waals surface area contributed by atoms with E-state index in [-0.39, 0.29) is 0 Å². The predicted octanol–water partition coefficient (Wildman–Crippen LogP) is 7.38. The topological polar surface area (TPSA) is 0 Å². The second-order valence-corrected chi connectivity index (χ2v) is 15.1. The highest BCUT2D eigenvalue weighted by atomic mass is 79.9. The van der Waals surface area contributed by atoms with Crippen molar-refractivity contribution in [3.8, 4) is 0 Å². The van der Waals surface area contributed by atoms with Crippen molar-refractivity contribution < 1.29 is 0 Å². The van der Waals surface area contributed by atoms with E-state index in [0.29, 0.717) is 0 Å². The molecule has 3 heteroatoms. The van der Waals surface area contributed by atoms with Crippen LogP contribution in [0.25, 0.3) is 0 Å². The maximum absolute atomic E-state index is 3.83. The van der Waals surface area contributed by atoms with Crippen molar-refractivity contribution in [1.82, 2.24) is 0 Å². The molecular weight excluding hydrogens is 368 g/mol. The first-order valence-electron chi connectivity index (χ1n) is 9.17. The Morgan fingerprint density at radius 1 is 1.00 bits per heavy atom. The molecule has 1 atom stereocenters. The Balaban J connectivity index is 2.65. The standard InChI is InChI=1S/C19H35BrSSi/c1-6-8-10-11-13-16(12-9-7-2)14-18-17(20)15-19(21-18)22(3,4)5/h15-16H,6-14H2,1-5H3. The molecule has 0 N–H and O–H groups in total. The lowest BCUT2D eigenvalue weighted by molar-refractivity contribution is 0.412. The van der Waals surface area contributed by atoms with Gasteiger partial charge in [-0.1, -0.05) is 84.9 Å². The summed E-state index contributed by atoms with van der Waals surface area (Å²) in [4.78, 5) is 1.61. The second kappa shape index (κ2) is 10.3. The number of halogens is 1. The first-order chi connectivity index (χ1) is 10.4. The monoisotopic (exact) mass is 402 g/mol. The average Bonchev–Trinajstić information content (AvgIpc) is 2.82. The summed E-state index contributed by atoms with van der Waals surface area (Å²) in [7, 11) is -1.17. The summed E-state index contributed by atoms with van der Waals surface area (Å²) in [6, 6.07) is 2.42. The molecule has 1 unspecified atom stereocenters. The highest BCUT2D eigenvalue weighted by molar-refractivity contribution is 9.10. The van der Waals surface area contributed by atoms with Crippen LogP contribution in [0.5, 0.6) is 0 Å². The summed E-state index contributed by atoms with van der Waals surface area (Å²) in [5.41, 5.74) is 0. The maximum atomic E-state index is 3.83. The van der Waals surface area contributed by atoms with Crippen molar-refractivity contribution >= 4 is 39.8 Å². The van der Waals surface area contributed by atoms with E-state index in [4.69, 9.17) is 0 Å². The van der Waals surface area contributed by atoms with Crippen molar-refractivity contribution in [2.45, 2.75) is 91.3 Å². The van der Waals surface area contributed by atoms with Crippen LogP contribution in [0.3, 0.4) is 0 Å². The number of unbranched alkanes of at least 4 members (excludes halogenated alkanes) is 4. The molecule has 0 aliphatic heterocycles. The van der Waals surface area contributed by atoms with Crippen molar-refractivity contribution in [2.75, 3.05) is 0 Å². The lowest BCUT2D eigenvalue weighted by atomic mass is 9.92. The molecule has 1 rings (SSSR count). The van der Waals surface area contributed by atoms with Crippen molar-refractivity contribution in [1.29, 1.82) is 0 Å². The Labute approximate surface area is 152 Å². The van der Waals surface area contributed by atoms with E-state index in [1.807, 2.05) is 0 Å². The highest BCUT2D eigenvalue weighted by Crippen LogP contribution is 2.30. The van der Waals surface area contributed by atoms with Gasteiger partial charge in [0.1, 0.15) is 0 Å². The Bertz CT molecular complexity index is 420.